The molecule has 0 aromatic rings. The predicted octanol–water partition coefficient (Wildman–Crippen LogP) is 7.11. The molecule has 0 aromatic carbocycles. The van der Waals surface area contributed by atoms with Crippen LogP contribution in [0.5, 0.6) is 0 Å². The largest absolute Gasteiger partial charge is 0.295 e. The molecule has 31 heavy (non-hydrogen) atoms. The number of allylic oxidation sites excluding steroid dienone is 6. The van der Waals surface area contributed by atoms with E-state index in [0.717, 1.165) is 50.5 Å². The maximum atomic E-state index is 12.8. The summed E-state index contributed by atoms with van der Waals surface area (Å²) in [4.78, 5) is 37.0. The van der Waals surface area contributed by atoms with Gasteiger partial charge in [0.1, 0.15) is 0 Å². The van der Waals surface area contributed by atoms with Gasteiger partial charge in [0.05, 0.1) is 0 Å². The van der Waals surface area contributed by atoms with Crippen LogP contribution in [0, 0.1) is 16.7 Å². The maximum absolute atomic E-state index is 12.8. The molecular weight excluding hydrogens is 384 g/mol. The lowest BCUT2D eigenvalue weighted by molar-refractivity contribution is -0.122. The van der Waals surface area contributed by atoms with E-state index in [9.17, 15) is 14.4 Å². The molecule has 0 saturated heterocycles. The zero-order chi connectivity index (χ0) is 23.4. The van der Waals surface area contributed by atoms with Crippen molar-refractivity contribution in [2.24, 2.45) is 16.7 Å². The summed E-state index contributed by atoms with van der Waals surface area (Å²) in [6, 6.07) is 0. The molecule has 0 saturated carbocycles. The second-order valence-electron chi connectivity index (χ2n) is 10.9. The molecule has 0 aromatic heterocycles. The van der Waals surface area contributed by atoms with Gasteiger partial charge < -0.3 is 0 Å². The van der Waals surface area contributed by atoms with Gasteiger partial charge in [0.2, 0.25) is 0 Å². The number of Topliss-reactive ketones (excluding diaryl/α,β-unsaturated/α-hetero) is 1. The third kappa shape index (κ3) is 6.60. The maximum Gasteiger partial charge on any atom is 0.159 e. The van der Waals surface area contributed by atoms with Crippen LogP contribution >= 0.6 is 0 Å². The van der Waals surface area contributed by atoms with E-state index in [2.05, 4.69) is 27.7 Å². The first-order valence-corrected chi connectivity index (χ1v) is 12.1. The molecule has 0 radical (unpaired) electrons. The Morgan fingerprint density at radius 2 is 1.74 bits per heavy atom. The molecule has 2 aliphatic carbocycles. The van der Waals surface area contributed by atoms with Crippen molar-refractivity contribution in [2.45, 2.75) is 106 Å². The molecule has 0 N–H and O–H groups in total. The van der Waals surface area contributed by atoms with Crippen LogP contribution in [-0.4, -0.2) is 17.3 Å². The summed E-state index contributed by atoms with van der Waals surface area (Å²) in [5.41, 5.74) is 4.54. The van der Waals surface area contributed by atoms with E-state index < -0.39 is 0 Å². The zero-order valence-corrected chi connectivity index (χ0v) is 20.8. The lowest BCUT2D eigenvalue weighted by atomic mass is 9.66. The van der Waals surface area contributed by atoms with Gasteiger partial charge in [-0.15, -0.1) is 0 Å². The van der Waals surface area contributed by atoms with E-state index in [-0.39, 0.29) is 34.1 Å². The molecule has 2 rings (SSSR count). The van der Waals surface area contributed by atoms with Gasteiger partial charge in [0.25, 0.3) is 0 Å². The standard InChI is InChI=1S/C28H42O3/c1-8-21(14-24(29)9-2)10-11-23-17-28(7,18-26(31)19(23)3)13-12-22-15-25(30)20(4)27(5,6)16-22/h14-15,20H,8-13,16-18H2,1-7H3/b21-14+. The Kier molecular flexibility index (Phi) is 8.41. The van der Waals surface area contributed by atoms with Crippen LogP contribution < -0.4 is 0 Å². The Balaban J connectivity index is 2.07. The van der Waals surface area contributed by atoms with Crippen molar-refractivity contribution < 1.29 is 14.4 Å². The molecule has 2 unspecified atom stereocenters. The highest BCUT2D eigenvalue weighted by atomic mass is 16.1. The average Bonchev–Trinajstić information content (AvgIpc) is 2.70. The van der Waals surface area contributed by atoms with Crippen LogP contribution in [0.3, 0.4) is 0 Å². The highest BCUT2D eigenvalue weighted by Crippen LogP contribution is 2.45. The quantitative estimate of drug-likeness (QED) is 0.369. The predicted molar refractivity (Wildman–Crippen MR) is 128 cm³/mol. The molecule has 2 aliphatic rings. The molecular formula is C28H42O3. The molecule has 0 fully saturated rings. The minimum atomic E-state index is -0.0572. The fourth-order valence-corrected chi connectivity index (χ4v) is 5.00. The number of hydrogen-bond donors (Lipinski definition) is 0. The summed E-state index contributed by atoms with van der Waals surface area (Å²) < 4.78 is 0. The van der Waals surface area contributed by atoms with E-state index in [1.807, 2.05) is 26.8 Å². The topological polar surface area (TPSA) is 51.2 Å². The fraction of sp³-hybridized carbons (Fsp3) is 0.679. The van der Waals surface area contributed by atoms with Gasteiger partial charge in [0, 0.05) is 18.8 Å². The van der Waals surface area contributed by atoms with E-state index >= 15 is 0 Å². The highest BCUT2D eigenvalue weighted by Gasteiger charge is 2.37. The van der Waals surface area contributed by atoms with Crippen LogP contribution in [0.1, 0.15) is 106 Å². The van der Waals surface area contributed by atoms with Gasteiger partial charge >= 0.3 is 0 Å². The lowest BCUT2D eigenvalue weighted by Crippen LogP contribution is -2.33. The second-order valence-corrected chi connectivity index (χ2v) is 10.9. The van der Waals surface area contributed by atoms with E-state index in [1.165, 1.54) is 16.7 Å². The Morgan fingerprint density at radius 1 is 1.06 bits per heavy atom. The third-order valence-electron chi connectivity index (χ3n) is 7.77. The van der Waals surface area contributed by atoms with Gasteiger partial charge in [-0.1, -0.05) is 58.3 Å². The number of carbonyl (C=O) groups is 3. The van der Waals surface area contributed by atoms with Gasteiger partial charge in [-0.25, -0.2) is 0 Å². The molecule has 3 nitrogen and oxygen atoms in total. The minimum absolute atomic E-state index is 0.00488. The van der Waals surface area contributed by atoms with Crippen molar-refractivity contribution >= 4 is 17.3 Å². The summed E-state index contributed by atoms with van der Waals surface area (Å²) in [6.45, 7) is 14.6. The van der Waals surface area contributed by atoms with Crippen LogP contribution in [0.2, 0.25) is 0 Å². The number of ketones is 3. The molecule has 0 heterocycles. The number of rotatable bonds is 9. The summed E-state index contributed by atoms with van der Waals surface area (Å²) in [6.07, 6.45) is 11.1. The van der Waals surface area contributed by atoms with E-state index in [4.69, 9.17) is 0 Å². The minimum Gasteiger partial charge on any atom is -0.295 e. The Hall–Kier alpha value is -1.77. The van der Waals surface area contributed by atoms with Crippen LogP contribution in [-0.2, 0) is 14.4 Å². The first-order chi connectivity index (χ1) is 14.4. The van der Waals surface area contributed by atoms with Gasteiger partial charge in [-0.2, -0.15) is 0 Å². The fourth-order valence-electron chi connectivity index (χ4n) is 5.00. The van der Waals surface area contributed by atoms with Gasteiger partial charge in [-0.05, 0) is 80.4 Å². The average molecular weight is 427 g/mol. The summed E-state index contributed by atoms with van der Waals surface area (Å²) in [5.74, 6) is 0.756. The van der Waals surface area contributed by atoms with Crippen molar-refractivity contribution in [3.05, 3.63) is 34.4 Å². The van der Waals surface area contributed by atoms with Crippen molar-refractivity contribution in [3.8, 4) is 0 Å². The highest BCUT2D eigenvalue weighted by molar-refractivity contribution is 5.97. The summed E-state index contributed by atoms with van der Waals surface area (Å²) >= 11 is 0. The molecule has 0 amide bonds. The van der Waals surface area contributed by atoms with Crippen LogP contribution in [0.4, 0.5) is 0 Å². The normalized spacial score (nSPS) is 26.9. The van der Waals surface area contributed by atoms with Gasteiger partial charge in [0.15, 0.2) is 17.3 Å². The summed E-state index contributed by atoms with van der Waals surface area (Å²) in [7, 11) is 0. The van der Waals surface area contributed by atoms with E-state index in [0.29, 0.717) is 12.8 Å². The molecule has 3 heteroatoms. The molecule has 2 atom stereocenters. The van der Waals surface area contributed by atoms with Crippen molar-refractivity contribution in [3.63, 3.8) is 0 Å². The Bertz CT molecular complexity index is 821. The van der Waals surface area contributed by atoms with E-state index in [1.54, 1.807) is 6.08 Å². The monoisotopic (exact) mass is 426 g/mol. The summed E-state index contributed by atoms with van der Waals surface area (Å²) in [5, 5.41) is 0. The molecule has 0 aliphatic heterocycles. The van der Waals surface area contributed by atoms with Crippen molar-refractivity contribution in [2.75, 3.05) is 0 Å². The molecule has 0 bridgehead atoms. The first kappa shape index (κ1) is 25.5. The van der Waals surface area contributed by atoms with Gasteiger partial charge in [-0.3, -0.25) is 14.4 Å². The third-order valence-corrected chi connectivity index (χ3v) is 7.77. The van der Waals surface area contributed by atoms with Crippen molar-refractivity contribution in [1.82, 2.24) is 0 Å². The Morgan fingerprint density at radius 3 is 2.32 bits per heavy atom. The SMILES string of the molecule is CCC(=O)/C=C(\CC)CCC1=C(C)C(=O)CC(C)(CCC2=CC(=O)C(C)C(C)(C)C2)C1. The first-order valence-electron chi connectivity index (χ1n) is 12.1. The lowest BCUT2D eigenvalue weighted by Gasteiger charge is -2.38. The Labute approximate surface area is 189 Å². The molecule has 0 spiro atoms. The second kappa shape index (κ2) is 10.2. The van der Waals surface area contributed by atoms with Crippen LogP contribution in [0.25, 0.3) is 0 Å². The molecule has 172 valence electrons. The van der Waals surface area contributed by atoms with Crippen LogP contribution in [0.15, 0.2) is 34.4 Å². The number of hydrogen-bond acceptors (Lipinski definition) is 3. The van der Waals surface area contributed by atoms with Crippen molar-refractivity contribution in [1.29, 1.82) is 0 Å². The smallest absolute Gasteiger partial charge is 0.159 e. The zero-order valence-electron chi connectivity index (χ0n) is 20.8. The number of carbonyl (C=O) groups excluding carboxylic acids is 3.